The predicted octanol–water partition coefficient (Wildman–Crippen LogP) is 2.65. The maximum atomic E-state index is 5.46. The third-order valence-corrected chi connectivity index (χ3v) is 4.25. The molecule has 0 radical (unpaired) electrons. The largest absolute Gasteiger partial charge is 0.381 e. The van der Waals surface area contributed by atoms with Crippen molar-refractivity contribution in [2.24, 2.45) is 0 Å². The van der Waals surface area contributed by atoms with E-state index in [0.29, 0.717) is 5.92 Å². The van der Waals surface area contributed by atoms with Crippen molar-refractivity contribution in [2.75, 3.05) is 26.3 Å². The fraction of sp³-hybridized carbons (Fsp3) is 0.765. The van der Waals surface area contributed by atoms with Crippen molar-refractivity contribution in [1.82, 2.24) is 15.3 Å². The smallest absolute Gasteiger partial charge is 0.132 e. The lowest BCUT2D eigenvalue weighted by molar-refractivity contribution is 0.0834. The molecule has 1 aliphatic heterocycles. The first kappa shape index (κ1) is 16.4. The molecule has 1 aliphatic rings. The van der Waals surface area contributed by atoms with Crippen molar-refractivity contribution in [2.45, 2.75) is 58.8 Å². The van der Waals surface area contributed by atoms with Gasteiger partial charge in [-0.2, -0.15) is 0 Å². The second-order valence-corrected chi connectivity index (χ2v) is 5.65. The van der Waals surface area contributed by atoms with E-state index in [-0.39, 0.29) is 0 Å². The molecular weight excluding hydrogens is 262 g/mol. The third kappa shape index (κ3) is 4.24. The average molecular weight is 291 g/mol. The molecule has 1 N–H and O–H groups in total. The van der Waals surface area contributed by atoms with Gasteiger partial charge in [-0.15, -0.1) is 0 Å². The molecule has 0 unspecified atom stereocenters. The molecule has 0 aliphatic carbocycles. The highest BCUT2D eigenvalue weighted by Crippen LogP contribution is 2.26. The summed E-state index contributed by atoms with van der Waals surface area (Å²) in [6.45, 7) is 10.3. The predicted molar refractivity (Wildman–Crippen MR) is 85.8 cm³/mol. The van der Waals surface area contributed by atoms with Crippen molar-refractivity contribution in [3.63, 3.8) is 0 Å². The van der Waals surface area contributed by atoms with E-state index in [2.05, 4.69) is 26.1 Å². The Morgan fingerprint density at radius 2 is 1.67 bits per heavy atom. The summed E-state index contributed by atoms with van der Waals surface area (Å²) < 4.78 is 5.46. The number of aromatic nitrogens is 2. The number of hydrogen-bond acceptors (Lipinski definition) is 4. The molecular formula is C17H29N3O. The highest BCUT2D eigenvalue weighted by Gasteiger charge is 2.21. The molecule has 0 spiro atoms. The van der Waals surface area contributed by atoms with Gasteiger partial charge in [-0.1, -0.05) is 20.8 Å². The molecule has 0 bridgehead atoms. The third-order valence-electron chi connectivity index (χ3n) is 4.25. The second-order valence-electron chi connectivity index (χ2n) is 5.65. The van der Waals surface area contributed by atoms with Crippen LogP contribution in [-0.4, -0.2) is 36.3 Å². The number of rotatable bonds is 7. The highest BCUT2D eigenvalue weighted by atomic mass is 16.5. The zero-order valence-corrected chi connectivity index (χ0v) is 13.7. The number of hydrogen-bond donors (Lipinski definition) is 1. The highest BCUT2D eigenvalue weighted by molar-refractivity contribution is 5.28. The summed E-state index contributed by atoms with van der Waals surface area (Å²) in [6.07, 6.45) is 5.14. The van der Waals surface area contributed by atoms with Gasteiger partial charge in [0.15, 0.2) is 0 Å². The van der Waals surface area contributed by atoms with Gasteiger partial charge in [-0.25, -0.2) is 9.97 Å². The Kier molecular flexibility index (Phi) is 6.58. The topological polar surface area (TPSA) is 47.0 Å². The van der Waals surface area contributed by atoms with Crippen molar-refractivity contribution in [3.05, 3.63) is 22.8 Å². The van der Waals surface area contributed by atoms with Gasteiger partial charge in [-0.3, -0.25) is 0 Å². The van der Waals surface area contributed by atoms with Crippen molar-refractivity contribution in [3.8, 4) is 0 Å². The van der Waals surface area contributed by atoms with E-state index < -0.39 is 0 Å². The van der Waals surface area contributed by atoms with Gasteiger partial charge in [0, 0.05) is 30.5 Å². The average Bonchev–Trinajstić information content (AvgIpc) is 2.55. The van der Waals surface area contributed by atoms with Crippen molar-refractivity contribution >= 4 is 0 Å². The number of aryl methyl sites for hydroxylation is 2. The first-order chi connectivity index (χ1) is 10.3. The lowest BCUT2D eigenvalue weighted by atomic mass is 9.97. The van der Waals surface area contributed by atoms with E-state index >= 15 is 0 Å². The van der Waals surface area contributed by atoms with Crippen LogP contribution in [0.5, 0.6) is 0 Å². The summed E-state index contributed by atoms with van der Waals surface area (Å²) >= 11 is 0. The molecule has 118 valence electrons. The standard InChI is InChI=1S/C17H29N3O/c1-4-15-14(7-10-18-6-3)16(5-2)20-17(19-15)13-8-11-21-12-9-13/h13,18H,4-12H2,1-3H3. The lowest BCUT2D eigenvalue weighted by Crippen LogP contribution is -2.21. The number of nitrogens with zero attached hydrogens (tertiary/aromatic N) is 2. The van der Waals surface area contributed by atoms with Crippen LogP contribution in [0.25, 0.3) is 0 Å². The van der Waals surface area contributed by atoms with E-state index in [9.17, 15) is 0 Å². The Morgan fingerprint density at radius 3 is 2.19 bits per heavy atom. The molecule has 4 nitrogen and oxygen atoms in total. The Morgan fingerprint density at radius 1 is 1.05 bits per heavy atom. The van der Waals surface area contributed by atoms with E-state index in [1.54, 1.807) is 0 Å². The van der Waals surface area contributed by atoms with Gasteiger partial charge < -0.3 is 10.1 Å². The Balaban J connectivity index is 2.24. The summed E-state index contributed by atoms with van der Waals surface area (Å²) in [5, 5.41) is 3.41. The van der Waals surface area contributed by atoms with Crippen LogP contribution in [0.15, 0.2) is 0 Å². The fourth-order valence-electron chi connectivity index (χ4n) is 3.01. The minimum Gasteiger partial charge on any atom is -0.381 e. The molecule has 1 fully saturated rings. The molecule has 1 saturated heterocycles. The monoisotopic (exact) mass is 291 g/mol. The minimum atomic E-state index is 0.483. The summed E-state index contributed by atoms with van der Waals surface area (Å²) in [4.78, 5) is 9.82. The summed E-state index contributed by atoms with van der Waals surface area (Å²) in [5.41, 5.74) is 3.87. The fourth-order valence-corrected chi connectivity index (χ4v) is 3.01. The summed E-state index contributed by atoms with van der Waals surface area (Å²) in [6, 6.07) is 0. The Labute approximate surface area is 128 Å². The molecule has 2 heterocycles. The molecule has 4 heteroatoms. The SMILES string of the molecule is CCNCCc1c(CC)nc(C2CCOCC2)nc1CC. The maximum absolute atomic E-state index is 5.46. The minimum absolute atomic E-state index is 0.483. The van der Waals surface area contributed by atoms with Crippen molar-refractivity contribution < 1.29 is 4.74 Å². The van der Waals surface area contributed by atoms with E-state index in [4.69, 9.17) is 14.7 Å². The second kappa shape index (κ2) is 8.44. The van der Waals surface area contributed by atoms with Gasteiger partial charge >= 0.3 is 0 Å². The molecule has 0 amide bonds. The molecule has 1 aromatic heterocycles. The van der Waals surface area contributed by atoms with E-state index in [1.807, 2.05) is 0 Å². The van der Waals surface area contributed by atoms with E-state index in [0.717, 1.165) is 64.2 Å². The first-order valence-corrected chi connectivity index (χ1v) is 8.47. The van der Waals surface area contributed by atoms with Crippen molar-refractivity contribution in [1.29, 1.82) is 0 Å². The summed E-state index contributed by atoms with van der Waals surface area (Å²) in [5.74, 6) is 1.54. The van der Waals surface area contributed by atoms with Gasteiger partial charge in [0.25, 0.3) is 0 Å². The van der Waals surface area contributed by atoms with Gasteiger partial charge in [0.05, 0.1) is 0 Å². The van der Waals surface area contributed by atoms with Gasteiger partial charge in [-0.05, 0) is 50.8 Å². The molecule has 2 rings (SSSR count). The zero-order valence-electron chi connectivity index (χ0n) is 13.7. The van der Waals surface area contributed by atoms with Gasteiger partial charge in [0.1, 0.15) is 5.82 Å². The number of likely N-dealkylation sites (N-methyl/N-ethyl adjacent to an activating group) is 1. The molecule has 21 heavy (non-hydrogen) atoms. The lowest BCUT2D eigenvalue weighted by Gasteiger charge is -2.23. The quantitative estimate of drug-likeness (QED) is 0.785. The van der Waals surface area contributed by atoms with Crippen LogP contribution in [0, 0.1) is 0 Å². The zero-order chi connectivity index (χ0) is 15.1. The van der Waals surface area contributed by atoms with Crippen LogP contribution in [0.1, 0.15) is 62.3 Å². The molecule has 0 aromatic carbocycles. The number of nitrogens with one attached hydrogen (secondary N) is 1. The maximum Gasteiger partial charge on any atom is 0.132 e. The van der Waals surface area contributed by atoms with Crippen LogP contribution in [-0.2, 0) is 24.0 Å². The van der Waals surface area contributed by atoms with E-state index in [1.165, 1.54) is 17.0 Å². The van der Waals surface area contributed by atoms with Crippen LogP contribution in [0.2, 0.25) is 0 Å². The van der Waals surface area contributed by atoms with Crippen LogP contribution >= 0.6 is 0 Å². The van der Waals surface area contributed by atoms with Gasteiger partial charge in [0.2, 0.25) is 0 Å². The number of ether oxygens (including phenoxy) is 1. The Hall–Kier alpha value is -1.00. The molecule has 1 aromatic rings. The van der Waals surface area contributed by atoms with Crippen LogP contribution in [0.3, 0.4) is 0 Å². The Bertz CT molecular complexity index is 417. The summed E-state index contributed by atoms with van der Waals surface area (Å²) in [7, 11) is 0. The first-order valence-electron chi connectivity index (χ1n) is 8.47. The molecule has 0 atom stereocenters. The van der Waals surface area contributed by atoms with Crippen LogP contribution < -0.4 is 5.32 Å². The molecule has 0 saturated carbocycles. The normalized spacial score (nSPS) is 16.3. The van der Waals surface area contributed by atoms with Crippen LogP contribution in [0.4, 0.5) is 0 Å².